The fourth-order valence-corrected chi connectivity index (χ4v) is 3.58. The van der Waals surface area contributed by atoms with Crippen molar-refractivity contribution in [2.24, 2.45) is 5.92 Å². The predicted molar refractivity (Wildman–Crippen MR) is 112 cm³/mol. The van der Waals surface area contributed by atoms with Crippen LogP contribution in [0.25, 0.3) is 0 Å². The van der Waals surface area contributed by atoms with Gasteiger partial charge in [-0.1, -0.05) is 30.3 Å². The van der Waals surface area contributed by atoms with Crippen molar-refractivity contribution in [3.8, 4) is 11.5 Å². The van der Waals surface area contributed by atoms with Crippen LogP contribution in [0, 0.1) is 5.92 Å². The minimum atomic E-state index is -0.367. The van der Waals surface area contributed by atoms with Gasteiger partial charge in [0.05, 0.1) is 25.8 Å². The summed E-state index contributed by atoms with van der Waals surface area (Å²) in [7, 11) is 3.13. The van der Waals surface area contributed by atoms with Crippen LogP contribution in [0.2, 0.25) is 0 Å². The number of benzene rings is 2. The molecule has 0 saturated carbocycles. The number of carbonyl (C=O) groups is 2. The van der Waals surface area contributed by atoms with Crippen molar-refractivity contribution in [1.29, 1.82) is 0 Å². The number of nitrogens with one attached hydrogen (secondary N) is 1. The molecule has 29 heavy (non-hydrogen) atoms. The molecule has 0 radical (unpaired) electrons. The van der Waals surface area contributed by atoms with Gasteiger partial charge in [-0.3, -0.25) is 9.59 Å². The molecule has 0 aromatic heterocycles. The molecule has 1 saturated heterocycles. The number of rotatable bonds is 8. The Labute approximate surface area is 171 Å². The summed E-state index contributed by atoms with van der Waals surface area (Å²) in [6, 6.07) is 15.6. The van der Waals surface area contributed by atoms with Gasteiger partial charge >= 0.3 is 0 Å². The highest BCUT2D eigenvalue weighted by atomic mass is 16.5. The van der Waals surface area contributed by atoms with E-state index < -0.39 is 0 Å². The Morgan fingerprint density at radius 2 is 1.93 bits per heavy atom. The van der Waals surface area contributed by atoms with Crippen molar-refractivity contribution in [3.05, 3.63) is 54.1 Å². The van der Waals surface area contributed by atoms with Crippen LogP contribution < -0.4 is 19.7 Å². The standard InChI is InChI=1S/C23H28N2O4/c1-16(9-10-17-7-5-4-6-8-17)24-23(27)18-13-22(26)25(15-18)20-12-11-19(28-2)14-21(20)29-3/h4-8,11-12,14,16,18H,9-10,13,15H2,1-3H3,(H,24,27)/t16-,18-/m1/s1. The summed E-state index contributed by atoms with van der Waals surface area (Å²) >= 11 is 0. The number of carbonyl (C=O) groups excluding carboxylic acids is 2. The summed E-state index contributed by atoms with van der Waals surface area (Å²) < 4.78 is 10.6. The second-order valence-electron chi connectivity index (χ2n) is 7.38. The van der Waals surface area contributed by atoms with Gasteiger partial charge in [0.25, 0.3) is 0 Å². The Bertz CT molecular complexity index is 853. The smallest absolute Gasteiger partial charge is 0.227 e. The van der Waals surface area contributed by atoms with Crippen LogP contribution in [0.1, 0.15) is 25.3 Å². The summed E-state index contributed by atoms with van der Waals surface area (Å²) in [6.45, 7) is 2.35. The van der Waals surface area contributed by atoms with Gasteiger partial charge in [0.1, 0.15) is 11.5 Å². The molecule has 1 N–H and O–H groups in total. The van der Waals surface area contributed by atoms with E-state index in [4.69, 9.17) is 9.47 Å². The Balaban J connectivity index is 1.58. The maximum Gasteiger partial charge on any atom is 0.227 e. The zero-order chi connectivity index (χ0) is 20.8. The molecule has 0 unspecified atom stereocenters. The number of ether oxygens (including phenoxy) is 2. The van der Waals surface area contributed by atoms with Gasteiger partial charge in [-0.05, 0) is 37.5 Å². The van der Waals surface area contributed by atoms with Crippen LogP contribution in [0.3, 0.4) is 0 Å². The van der Waals surface area contributed by atoms with Crippen LogP contribution in [-0.4, -0.2) is 38.6 Å². The molecule has 0 spiro atoms. The molecule has 1 aliphatic heterocycles. The SMILES string of the molecule is COc1ccc(N2C[C@H](C(=O)N[C@H](C)CCc3ccccc3)CC2=O)c(OC)c1. The van der Waals surface area contributed by atoms with E-state index in [1.165, 1.54) is 5.56 Å². The quantitative estimate of drug-likeness (QED) is 0.744. The van der Waals surface area contributed by atoms with Crippen LogP contribution in [0.5, 0.6) is 11.5 Å². The van der Waals surface area contributed by atoms with Crippen LogP contribution in [0.4, 0.5) is 5.69 Å². The lowest BCUT2D eigenvalue weighted by Crippen LogP contribution is -2.38. The topological polar surface area (TPSA) is 67.9 Å². The third-order valence-corrected chi connectivity index (χ3v) is 5.27. The number of methoxy groups -OCH3 is 2. The van der Waals surface area contributed by atoms with E-state index in [2.05, 4.69) is 17.4 Å². The minimum Gasteiger partial charge on any atom is -0.497 e. The lowest BCUT2D eigenvalue weighted by atomic mass is 10.0. The highest BCUT2D eigenvalue weighted by molar-refractivity contribution is 6.01. The molecular formula is C23H28N2O4. The Morgan fingerprint density at radius 1 is 1.17 bits per heavy atom. The largest absolute Gasteiger partial charge is 0.497 e. The molecule has 2 aromatic carbocycles. The highest BCUT2D eigenvalue weighted by Gasteiger charge is 2.36. The van der Waals surface area contributed by atoms with E-state index in [0.29, 0.717) is 23.7 Å². The first-order chi connectivity index (χ1) is 14.0. The summed E-state index contributed by atoms with van der Waals surface area (Å²) in [5.74, 6) is 0.682. The van der Waals surface area contributed by atoms with Crippen molar-refractivity contribution >= 4 is 17.5 Å². The number of hydrogen-bond donors (Lipinski definition) is 1. The van der Waals surface area contributed by atoms with E-state index in [-0.39, 0.29) is 30.2 Å². The molecule has 1 aliphatic rings. The van der Waals surface area contributed by atoms with E-state index in [1.54, 1.807) is 37.3 Å². The number of amides is 2. The van der Waals surface area contributed by atoms with Gasteiger partial charge in [-0.25, -0.2) is 0 Å². The van der Waals surface area contributed by atoms with Gasteiger partial charge in [0, 0.05) is 25.1 Å². The average Bonchev–Trinajstić information content (AvgIpc) is 3.14. The molecule has 2 aromatic rings. The second-order valence-corrected chi connectivity index (χ2v) is 7.38. The number of aryl methyl sites for hydroxylation is 1. The molecule has 154 valence electrons. The Kier molecular flexibility index (Phi) is 6.75. The van der Waals surface area contributed by atoms with Crippen molar-refractivity contribution in [1.82, 2.24) is 5.32 Å². The molecule has 1 fully saturated rings. The first kappa shape index (κ1) is 20.7. The van der Waals surface area contributed by atoms with Crippen molar-refractivity contribution in [2.75, 3.05) is 25.7 Å². The fraction of sp³-hybridized carbons (Fsp3) is 0.391. The monoisotopic (exact) mass is 396 g/mol. The molecule has 2 atom stereocenters. The fourth-order valence-electron chi connectivity index (χ4n) is 3.58. The van der Waals surface area contributed by atoms with Crippen molar-refractivity contribution in [2.45, 2.75) is 32.2 Å². The van der Waals surface area contributed by atoms with Crippen LogP contribution >= 0.6 is 0 Å². The van der Waals surface area contributed by atoms with Crippen LogP contribution in [0.15, 0.2) is 48.5 Å². The lowest BCUT2D eigenvalue weighted by molar-refractivity contribution is -0.126. The van der Waals surface area contributed by atoms with Gasteiger partial charge < -0.3 is 19.7 Å². The van der Waals surface area contributed by atoms with E-state index >= 15 is 0 Å². The van der Waals surface area contributed by atoms with Gasteiger partial charge in [-0.15, -0.1) is 0 Å². The molecule has 6 heteroatoms. The Morgan fingerprint density at radius 3 is 2.62 bits per heavy atom. The summed E-state index contributed by atoms with van der Waals surface area (Å²) in [5.41, 5.74) is 1.91. The summed E-state index contributed by atoms with van der Waals surface area (Å²) in [6.07, 6.45) is 1.96. The van der Waals surface area contributed by atoms with Crippen LogP contribution in [-0.2, 0) is 16.0 Å². The van der Waals surface area contributed by atoms with Crippen molar-refractivity contribution < 1.29 is 19.1 Å². The number of hydrogen-bond acceptors (Lipinski definition) is 4. The van der Waals surface area contributed by atoms with E-state index in [9.17, 15) is 9.59 Å². The average molecular weight is 396 g/mol. The maximum absolute atomic E-state index is 12.7. The van der Waals surface area contributed by atoms with E-state index in [1.807, 2.05) is 25.1 Å². The van der Waals surface area contributed by atoms with E-state index in [0.717, 1.165) is 12.8 Å². The second kappa shape index (κ2) is 9.45. The molecule has 6 nitrogen and oxygen atoms in total. The van der Waals surface area contributed by atoms with Crippen molar-refractivity contribution in [3.63, 3.8) is 0 Å². The third-order valence-electron chi connectivity index (χ3n) is 5.27. The summed E-state index contributed by atoms with van der Waals surface area (Å²) in [4.78, 5) is 26.9. The molecule has 0 aliphatic carbocycles. The van der Waals surface area contributed by atoms with Gasteiger partial charge in [-0.2, -0.15) is 0 Å². The molecule has 1 heterocycles. The predicted octanol–water partition coefficient (Wildman–Crippen LogP) is 3.19. The molecule has 3 rings (SSSR count). The molecule has 2 amide bonds. The molecule has 0 bridgehead atoms. The molecular weight excluding hydrogens is 368 g/mol. The zero-order valence-corrected chi connectivity index (χ0v) is 17.2. The lowest BCUT2D eigenvalue weighted by Gasteiger charge is -2.21. The first-order valence-electron chi connectivity index (χ1n) is 9.88. The van der Waals surface area contributed by atoms with Gasteiger partial charge in [0.2, 0.25) is 11.8 Å². The maximum atomic E-state index is 12.7. The summed E-state index contributed by atoms with van der Waals surface area (Å²) in [5, 5.41) is 3.06. The third kappa shape index (κ3) is 5.08. The van der Waals surface area contributed by atoms with Gasteiger partial charge in [0.15, 0.2) is 0 Å². The highest BCUT2D eigenvalue weighted by Crippen LogP contribution is 2.35. The number of nitrogens with zero attached hydrogens (tertiary/aromatic N) is 1. The Hall–Kier alpha value is -3.02. The zero-order valence-electron chi connectivity index (χ0n) is 17.2. The minimum absolute atomic E-state index is 0.0439. The normalized spacial score (nSPS) is 17.1. The first-order valence-corrected chi connectivity index (χ1v) is 9.88. The number of anilines is 1.